The summed E-state index contributed by atoms with van der Waals surface area (Å²) in [5, 5.41) is 4.64. The van der Waals surface area contributed by atoms with E-state index >= 15 is 0 Å². The van der Waals surface area contributed by atoms with Crippen molar-refractivity contribution in [3.05, 3.63) is 71.9 Å². The summed E-state index contributed by atoms with van der Waals surface area (Å²) < 4.78 is 12.9. The maximum atomic E-state index is 12.3. The number of carbonyl (C=O) groups is 2. The van der Waals surface area contributed by atoms with E-state index in [2.05, 4.69) is 39.2 Å². The molecule has 0 N–H and O–H groups in total. The van der Waals surface area contributed by atoms with Crippen LogP contribution in [0.4, 0.5) is 5.69 Å². The Kier molecular flexibility index (Phi) is 5.74. The molecule has 2 atom stereocenters. The molecule has 8 heteroatoms. The van der Waals surface area contributed by atoms with Gasteiger partial charge < -0.3 is 14.4 Å². The van der Waals surface area contributed by atoms with Crippen LogP contribution in [0.2, 0.25) is 0 Å². The predicted molar refractivity (Wildman–Crippen MR) is 130 cm³/mol. The van der Waals surface area contributed by atoms with Gasteiger partial charge >= 0.3 is 11.9 Å². The van der Waals surface area contributed by atoms with Crippen LogP contribution in [-0.4, -0.2) is 65.4 Å². The molecule has 0 amide bonds. The van der Waals surface area contributed by atoms with Crippen LogP contribution in [0.1, 0.15) is 30.0 Å². The Morgan fingerprint density at radius 3 is 2.26 bits per heavy atom. The quantitative estimate of drug-likeness (QED) is 0.417. The topological polar surface area (TPSA) is 76.9 Å². The number of para-hydroxylation sites is 2. The maximum Gasteiger partial charge on any atom is 0.424 e. The molecule has 2 aromatic carbocycles. The average molecular weight is 473 g/mol. The van der Waals surface area contributed by atoms with E-state index in [4.69, 9.17) is 9.47 Å². The van der Waals surface area contributed by atoms with Crippen LogP contribution in [0.15, 0.2) is 60.7 Å². The molecule has 2 bridgehead atoms. The van der Waals surface area contributed by atoms with Crippen molar-refractivity contribution in [2.45, 2.75) is 31.3 Å². The second kappa shape index (κ2) is 9.19. The number of carbonyl (C=O) groups excluding carboxylic acids is 2. The van der Waals surface area contributed by atoms with E-state index in [1.165, 1.54) is 5.69 Å². The number of esters is 2. The van der Waals surface area contributed by atoms with Gasteiger partial charge in [0.1, 0.15) is 6.10 Å². The Balaban J connectivity index is 1.23. The molecule has 2 unspecified atom stereocenters. The van der Waals surface area contributed by atoms with Gasteiger partial charge in [-0.25, -0.2) is 14.3 Å². The number of hydrogen-bond donors (Lipinski definition) is 0. The van der Waals surface area contributed by atoms with Crippen LogP contribution in [0, 0.1) is 0 Å². The van der Waals surface area contributed by atoms with E-state index in [-0.39, 0.29) is 17.9 Å². The van der Waals surface area contributed by atoms with Gasteiger partial charge in [-0.15, -0.1) is 5.10 Å². The molecular weight excluding hydrogens is 444 g/mol. The average Bonchev–Trinajstić information content (AvgIpc) is 3.26. The van der Waals surface area contributed by atoms with Gasteiger partial charge in [-0.3, -0.25) is 4.90 Å². The third kappa shape index (κ3) is 4.18. The molecule has 0 saturated carbocycles. The van der Waals surface area contributed by atoms with Gasteiger partial charge in [0, 0.05) is 43.3 Å². The first-order valence-electron chi connectivity index (χ1n) is 12.3. The minimum atomic E-state index is -1.00. The first kappa shape index (κ1) is 21.9. The number of aromatic nitrogens is 2. The first-order chi connectivity index (χ1) is 17.2. The fraction of sp³-hybridized carbons (Fsp3) is 0.370. The van der Waals surface area contributed by atoms with Crippen molar-refractivity contribution in [3.63, 3.8) is 0 Å². The molecule has 0 radical (unpaired) electrons. The standard InChI is InChI=1S/C27H28N4O4/c32-26-27(33)35-25-24-21(13-14-29-15-17-30(18-16-29)19-7-3-1-4-8-19)23(34-26)12-11-22(24)31(28-25)20-9-5-2-6-10-20/h1-10,21,23H,11-18H2. The van der Waals surface area contributed by atoms with E-state index in [0.29, 0.717) is 12.8 Å². The minimum absolute atomic E-state index is 0.0598. The second-order valence-electron chi connectivity index (χ2n) is 9.34. The Bertz CT molecular complexity index is 1220. The number of anilines is 1. The summed E-state index contributed by atoms with van der Waals surface area (Å²) in [4.78, 5) is 29.5. The number of rotatable bonds is 5. The zero-order valence-corrected chi connectivity index (χ0v) is 19.5. The zero-order valence-electron chi connectivity index (χ0n) is 19.5. The van der Waals surface area contributed by atoms with Crippen LogP contribution in [0.25, 0.3) is 5.69 Å². The largest absolute Gasteiger partial charge is 0.453 e. The van der Waals surface area contributed by atoms with E-state index in [1.807, 2.05) is 41.1 Å². The minimum Gasteiger partial charge on any atom is -0.453 e. The van der Waals surface area contributed by atoms with Gasteiger partial charge in [0.05, 0.1) is 11.4 Å². The maximum absolute atomic E-state index is 12.3. The van der Waals surface area contributed by atoms with Crippen molar-refractivity contribution in [3.8, 4) is 11.6 Å². The highest BCUT2D eigenvalue weighted by Gasteiger charge is 2.42. The van der Waals surface area contributed by atoms with E-state index in [9.17, 15) is 9.59 Å². The predicted octanol–water partition coefficient (Wildman–Crippen LogP) is 2.95. The van der Waals surface area contributed by atoms with Crippen LogP contribution < -0.4 is 9.64 Å². The number of hydrogen-bond acceptors (Lipinski definition) is 7. The van der Waals surface area contributed by atoms with Crippen molar-refractivity contribution < 1.29 is 19.1 Å². The number of nitrogens with zero attached hydrogens (tertiary/aromatic N) is 4. The van der Waals surface area contributed by atoms with Gasteiger partial charge in [-0.1, -0.05) is 36.4 Å². The Morgan fingerprint density at radius 1 is 0.857 bits per heavy atom. The van der Waals surface area contributed by atoms with Crippen LogP contribution in [-0.2, 0) is 20.7 Å². The summed E-state index contributed by atoms with van der Waals surface area (Å²) in [5.41, 5.74) is 4.12. The summed E-state index contributed by atoms with van der Waals surface area (Å²) >= 11 is 0. The number of ether oxygens (including phenoxy) is 2. The van der Waals surface area contributed by atoms with E-state index < -0.39 is 11.9 Å². The van der Waals surface area contributed by atoms with E-state index in [0.717, 1.165) is 56.1 Å². The summed E-state index contributed by atoms with van der Waals surface area (Å²) in [7, 11) is 0. The highest BCUT2D eigenvalue weighted by atomic mass is 16.6. The fourth-order valence-electron chi connectivity index (χ4n) is 5.56. The molecule has 1 saturated heterocycles. The summed E-state index contributed by atoms with van der Waals surface area (Å²) in [6.45, 7) is 4.79. The lowest BCUT2D eigenvalue weighted by Crippen LogP contribution is -2.47. The van der Waals surface area contributed by atoms with Crippen molar-refractivity contribution >= 4 is 17.6 Å². The number of fused-ring (bicyclic) bond motifs is 1. The van der Waals surface area contributed by atoms with Crippen molar-refractivity contribution in [1.82, 2.24) is 14.7 Å². The molecule has 6 rings (SSSR count). The van der Waals surface area contributed by atoms with Crippen LogP contribution >= 0.6 is 0 Å². The molecule has 1 aromatic heterocycles. The number of piperazine rings is 1. The van der Waals surface area contributed by atoms with Crippen LogP contribution in [0.5, 0.6) is 5.88 Å². The van der Waals surface area contributed by atoms with E-state index in [1.54, 1.807) is 0 Å². The van der Waals surface area contributed by atoms with Gasteiger partial charge in [0.25, 0.3) is 0 Å². The van der Waals surface area contributed by atoms with Crippen LogP contribution in [0.3, 0.4) is 0 Å². The lowest BCUT2D eigenvalue weighted by Gasteiger charge is -2.38. The molecule has 2 aliphatic heterocycles. The van der Waals surface area contributed by atoms with Gasteiger partial charge in [0.15, 0.2) is 0 Å². The highest BCUT2D eigenvalue weighted by Crippen LogP contribution is 2.43. The molecule has 3 aliphatic rings. The molecule has 1 fully saturated rings. The molecule has 35 heavy (non-hydrogen) atoms. The fourth-order valence-corrected chi connectivity index (χ4v) is 5.56. The van der Waals surface area contributed by atoms with Gasteiger partial charge in [-0.2, -0.15) is 0 Å². The Hall–Kier alpha value is -3.65. The Morgan fingerprint density at radius 2 is 1.54 bits per heavy atom. The molecule has 8 nitrogen and oxygen atoms in total. The summed E-state index contributed by atoms with van der Waals surface area (Å²) in [6, 6.07) is 20.3. The SMILES string of the molecule is O=C1Oc2nn(-c3ccccc3)c3c2C(CCN2CCN(c4ccccc4)CC2)C(CC3)OC1=O. The van der Waals surface area contributed by atoms with Gasteiger partial charge in [-0.05, 0) is 50.1 Å². The molecule has 180 valence electrons. The summed E-state index contributed by atoms with van der Waals surface area (Å²) in [5.74, 6) is -1.75. The summed E-state index contributed by atoms with van der Waals surface area (Å²) in [6.07, 6.45) is 1.83. The van der Waals surface area contributed by atoms with Crippen molar-refractivity contribution in [2.75, 3.05) is 37.6 Å². The monoisotopic (exact) mass is 472 g/mol. The van der Waals surface area contributed by atoms with Crippen molar-refractivity contribution in [1.29, 1.82) is 0 Å². The molecule has 3 aromatic rings. The number of benzene rings is 2. The van der Waals surface area contributed by atoms with Crippen molar-refractivity contribution in [2.24, 2.45) is 0 Å². The normalized spacial score (nSPS) is 22.2. The molecule has 1 aliphatic carbocycles. The highest BCUT2D eigenvalue weighted by molar-refractivity contribution is 6.30. The first-order valence-corrected chi connectivity index (χ1v) is 12.3. The van der Waals surface area contributed by atoms with Gasteiger partial charge in [0.2, 0.25) is 5.88 Å². The smallest absolute Gasteiger partial charge is 0.424 e. The zero-order chi connectivity index (χ0) is 23.8. The Labute approximate surface area is 204 Å². The third-order valence-electron chi connectivity index (χ3n) is 7.34. The molecule has 3 heterocycles. The lowest BCUT2D eigenvalue weighted by atomic mass is 9.81. The second-order valence-corrected chi connectivity index (χ2v) is 9.34. The molecular formula is C27H28N4O4. The molecule has 0 spiro atoms. The third-order valence-corrected chi connectivity index (χ3v) is 7.34. The lowest BCUT2D eigenvalue weighted by molar-refractivity contribution is -0.168.